The van der Waals surface area contributed by atoms with Gasteiger partial charge < -0.3 is 24.3 Å². The van der Waals surface area contributed by atoms with E-state index in [4.69, 9.17) is 9.47 Å². The Balaban J connectivity index is 1.71. The number of rotatable bonds is 6. The highest BCUT2D eigenvalue weighted by atomic mass is 16.5. The lowest BCUT2D eigenvalue weighted by Crippen LogP contribution is -2.38. The molecule has 8 nitrogen and oxygen atoms in total. The molecule has 1 aliphatic heterocycles. The molecule has 30 heavy (non-hydrogen) atoms. The fourth-order valence-electron chi connectivity index (χ4n) is 4.10. The van der Waals surface area contributed by atoms with Crippen molar-refractivity contribution in [2.45, 2.75) is 46.2 Å². The normalized spacial score (nSPS) is 14.5. The predicted octanol–water partition coefficient (Wildman–Crippen LogP) is 2.63. The topological polar surface area (TPSA) is 85.7 Å². The molecule has 0 saturated carbocycles. The van der Waals surface area contributed by atoms with Crippen LogP contribution in [0.2, 0.25) is 0 Å². The highest BCUT2D eigenvalue weighted by molar-refractivity contribution is 5.93. The summed E-state index contributed by atoms with van der Waals surface area (Å²) < 4.78 is 12.8. The number of hydrogen-bond acceptors (Lipinski definition) is 5. The van der Waals surface area contributed by atoms with Gasteiger partial charge in [-0.1, -0.05) is 0 Å². The number of methoxy groups -OCH3 is 2. The third kappa shape index (κ3) is 4.42. The van der Waals surface area contributed by atoms with Gasteiger partial charge in [0.2, 0.25) is 5.91 Å². The highest BCUT2D eigenvalue weighted by Crippen LogP contribution is 2.28. The molecule has 2 heterocycles. The molecule has 0 spiro atoms. The van der Waals surface area contributed by atoms with Gasteiger partial charge in [0.05, 0.1) is 14.2 Å². The molecule has 0 unspecified atom stereocenters. The number of ether oxygens (including phenoxy) is 2. The van der Waals surface area contributed by atoms with Gasteiger partial charge >= 0.3 is 0 Å². The summed E-state index contributed by atoms with van der Waals surface area (Å²) in [5, 5.41) is 2.95. The van der Waals surface area contributed by atoms with Crippen molar-refractivity contribution in [2.24, 2.45) is 0 Å². The van der Waals surface area contributed by atoms with Crippen molar-refractivity contribution in [1.82, 2.24) is 19.8 Å². The van der Waals surface area contributed by atoms with E-state index in [1.165, 1.54) is 0 Å². The number of nitrogens with one attached hydrogen (secondary N) is 1. The number of amides is 2. The molecule has 0 aliphatic carbocycles. The number of aromatic nitrogens is 2. The van der Waals surface area contributed by atoms with Crippen molar-refractivity contribution in [1.29, 1.82) is 0 Å². The summed E-state index contributed by atoms with van der Waals surface area (Å²) in [6.07, 6.45) is 1.73. The molecule has 2 aromatic rings. The number of imidazole rings is 1. The van der Waals surface area contributed by atoms with Crippen LogP contribution in [0.15, 0.2) is 18.2 Å². The molecule has 1 aliphatic rings. The van der Waals surface area contributed by atoms with Gasteiger partial charge in [-0.25, -0.2) is 4.98 Å². The summed E-state index contributed by atoms with van der Waals surface area (Å²) in [5.74, 6) is 2.07. The van der Waals surface area contributed by atoms with Crippen LogP contribution in [0, 0.1) is 13.8 Å². The van der Waals surface area contributed by atoms with Crippen molar-refractivity contribution in [3.63, 3.8) is 0 Å². The Morgan fingerprint density at radius 3 is 2.47 bits per heavy atom. The smallest absolute Gasteiger partial charge is 0.272 e. The Bertz CT molecular complexity index is 929. The van der Waals surface area contributed by atoms with Gasteiger partial charge in [-0.2, -0.15) is 0 Å². The first-order valence-corrected chi connectivity index (χ1v) is 10.2. The van der Waals surface area contributed by atoms with Crippen molar-refractivity contribution in [2.75, 3.05) is 27.3 Å². The van der Waals surface area contributed by atoms with Gasteiger partial charge in [-0.05, 0) is 38.8 Å². The van der Waals surface area contributed by atoms with Crippen LogP contribution < -0.4 is 14.8 Å². The van der Waals surface area contributed by atoms with Crippen LogP contribution in [0.4, 0.5) is 0 Å². The van der Waals surface area contributed by atoms with Crippen molar-refractivity contribution < 1.29 is 19.1 Å². The molecule has 162 valence electrons. The van der Waals surface area contributed by atoms with Crippen LogP contribution >= 0.6 is 0 Å². The second-order valence-corrected chi connectivity index (χ2v) is 7.56. The summed E-state index contributed by atoms with van der Waals surface area (Å²) in [7, 11) is 3.19. The van der Waals surface area contributed by atoms with Crippen LogP contribution in [0.1, 0.15) is 53.4 Å². The Morgan fingerprint density at radius 1 is 1.17 bits per heavy atom. The molecular weight excluding hydrogens is 384 g/mol. The Morgan fingerprint density at radius 2 is 1.87 bits per heavy atom. The quantitative estimate of drug-likeness (QED) is 0.785. The molecule has 3 rings (SSSR count). The first-order chi connectivity index (χ1) is 14.3. The highest BCUT2D eigenvalue weighted by Gasteiger charge is 2.27. The summed E-state index contributed by atoms with van der Waals surface area (Å²) in [5.41, 5.74) is 2.15. The van der Waals surface area contributed by atoms with Crippen LogP contribution in [-0.2, 0) is 11.3 Å². The van der Waals surface area contributed by atoms with Crippen LogP contribution in [0.25, 0.3) is 0 Å². The van der Waals surface area contributed by atoms with E-state index >= 15 is 0 Å². The number of aryl methyl sites for hydroxylation is 1. The summed E-state index contributed by atoms with van der Waals surface area (Å²) in [6.45, 7) is 7.25. The predicted molar refractivity (Wildman–Crippen MR) is 113 cm³/mol. The molecule has 0 bridgehead atoms. The number of benzene rings is 1. The number of likely N-dealkylation sites (tertiary alicyclic amines) is 1. The summed E-state index contributed by atoms with van der Waals surface area (Å²) in [4.78, 5) is 30.8. The third-order valence-electron chi connectivity index (χ3n) is 5.75. The first-order valence-electron chi connectivity index (χ1n) is 10.2. The molecule has 1 saturated heterocycles. The van der Waals surface area contributed by atoms with E-state index in [0.29, 0.717) is 23.7 Å². The van der Waals surface area contributed by atoms with Gasteiger partial charge in [-0.3, -0.25) is 9.59 Å². The maximum absolute atomic E-state index is 12.8. The monoisotopic (exact) mass is 414 g/mol. The fourth-order valence-corrected chi connectivity index (χ4v) is 4.10. The number of nitrogens with zero attached hydrogens (tertiary/aromatic N) is 3. The molecular formula is C22H30N4O4. The average Bonchev–Trinajstić information content (AvgIpc) is 3.05. The first kappa shape index (κ1) is 21.7. The number of piperidine rings is 1. The van der Waals surface area contributed by atoms with E-state index in [1.807, 2.05) is 30.9 Å². The van der Waals surface area contributed by atoms with Gasteiger partial charge in [0.25, 0.3) is 5.91 Å². The molecule has 0 atom stereocenters. The second kappa shape index (κ2) is 9.19. The van der Waals surface area contributed by atoms with Gasteiger partial charge in [0.15, 0.2) is 0 Å². The minimum Gasteiger partial charge on any atom is -0.497 e. The molecule has 2 amide bonds. The lowest BCUT2D eigenvalue weighted by Gasteiger charge is -2.33. The van der Waals surface area contributed by atoms with E-state index < -0.39 is 0 Å². The summed E-state index contributed by atoms with van der Waals surface area (Å²) in [6, 6.07) is 5.74. The zero-order valence-corrected chi connectivity index (χ0v) is 18.3. The zero-order chi connectivity index (χ0) is 21.8. The van der Waals surface area contributed by atoms with Crippen LogP contribution in [-0.4, -0.2) is 53.6 Å². The molecule has 1 aromatic heterocycles. The van der Waals surface area contributed by atoms with E-state index in [0.717, 1.165) is 43.0 Å². The Hall–Kier alpha value is -3.03. The second-order valence-electron chi connectivity index (χ2n) is 7.56. The number of carbonyl (C=O) groups is 2. The maximum Gasteiger partial charge on any atom is 0.272 e. The molecule has 8 heteroatoms. The fraction of sp³-hybridized carbons (Fsp3) is 0.500. The Kier molecular flexibility index (Phi) is 6.64. The summed E-state index contributed by atoms with van der Waals surface area (Å²) >= 11 is 0. The zero-order valence-electron chi connectivity index (χ0n) is 18.3. The van der Waals surface area contributed by atoms with Gasteiger partial charge in [-0.15, -0.1) is 0 Å². The van der Waals surface area contributed by atoms with Gasteiger partial charge in [0.1, 0.15) is 23.0 Å². The molecule has 1 fully saturated rings. The van der Waals surface area contributed by atoms with Crippen molar-refractivity contribution in [3.8, 4) is 11.5 Å². The SMILES string of the molecule is COc1ccc(CNC(=O)c2nc(C)n(C3CCN(C(C)=O)CC3)c2C)c(OC)c1. The lowest BCUT2D eigenvalue weighted by molar-refractivity contribution is -0.130. The molecule has 1 aromatic carbocycles. The largest absolute Gasteiger partial charge is 0.497 e. The van der Waals surface area contributed by atoms with E-state index in [1.54, 1.807) is 27.2 Å². The van der Waals surface area contributed by atoms with E-state index in [9.17, 15) is 9.59 Å². The minimum atomic E-state index is -0.214. The standard InChI is InChI=1S/C22H30N4O4/c1-14-21(22(28)23-13-17-6-7-19(29-4)12-20(17)30-5)24-15(2)26(14)18-8-10-25(11-9-18)16(3)27/h6-7,12,18H,8-11,13H2,1-5H3,(H,23,28). The Labute approximate surface area is 177 Å². The number of carbonyl (C=O) groups excluding carboxylic acids is 2. The van der Waals surface area contributed by atoms with E-state index in [2.05, 4.69) is 14.9 Å². The van der Waals surface area contributed by atoms with Gasteiger partial charge in [0, 0.05) is 49.9 Å². The van der Waals surface area contributed by atoms with Crippen molar-refractivity contribution >= 4 is 11.8 Å². The van der Waals surface area contributed by atoms with E-state index in [-0.39, 0.29) is 17.9 Å². The van der Waals surface area contributed by atoms with Crippen molar-refractivity contribution in [3.05, 3.63) is 41.0 Å². The molecule has 0 radical (unpaired) electrons. The van der Waals surface area contributed by atoms with Crippen LogP contribution in [0.5, 0.6) is 11.5 Å². The maximum atomic E-state index is 12.8. The lowest BCUT2D eigenvalue weighted by atomic mass is 10.0. The third-order valence-corrected chi connectivity index (χ3v) is 5.75. The molecule has 1 N–H and O–H groups in total. The average molecular weight is 415 g/mol. The van der Waals surface area contributed by atoms with Crippen LogP contribution in [0.3, 0.4) is 0 Å². The number of hydrogen-bond donors (Lipinski definition) is 1. The minimum absolute atomic E-state index is 0.113.